The molecule has 1 amide bonds. The zero-order chi connectivity index (χ0) is 17.1. The summed E-state index contributed by atoms with van der Waals surface area (Å²) in [6, 6.07) is 3.49. The van der Waals surface area contributed by atoms with E-state index < -0.39 is 0 Å². The lowest BCUT2D eigenvalue weighted by molar-refractivity contribution is -0.121. The Hall–Kier alpha value is -0.840. The fourth-order valence-corrected chi connectivity index (χ4v) is 4.84. The van der Waals surface area contributed by atoms with Gasteiger partial charge in [0.05, 0.1) is 14.7 Å². The molecule has 0 radical (unpaired) electrons. The van der Waals surface area contributed by atoms with E-state index in [2.05, 4.69) is 17.2 Å². The molecule has 130 valence electrons. The molecule has 1 aliphatic carbocycles. The Morgan fingerprint density at radius 3 is 2.62 bits per heavy atom. The summed E-state index contributed by atoms with van der Waals surface area (Å²) >= 11 is 13.7. The number of amides is 1. The smallest absolute Gasteiger partial charge is 0.229 e. The van der Waals surface area contributed by atoms with E-state index in [0.29, 0.717) is 20.7 Å². The molecule has 2 aromatic rings. The first-order valence-corrected chi connectivity index (χ1v) is 10.2. The highest BCUT2D eigenvalue weighted by Crippen LogP contribution is 2.37. The second kappa shape index (κ2) is 8.03. The van der Waals surface area contributed by atoms with Crippen LogP contribution in [0.1, 0.15) is 51.9 Å². The van der Waals surface area contributed by atoms with Crippen molar-refractivity contribution in [2.24, 2.45) is 11.8 Å². The molecule has 1 aromatic carbocycles. The zero-order valence-corrected chi connectivity index (χ0v) is 16.1. The Balaban J connectivity index is 1.61. The number of fused-ring (bicyclic) bond motifs is 1. The van der Waals surface area contributed by atoms with Gasteiger partial charge in [-0.3, -0.25) is 4.79 Å². The lowest BCUT2D eigenvalue weighted by Crippen LogP contribution is -2.27. The number of carbonyl (C=O) groups is 1. The van der Waals surface area contributed by atoms with Gasteiger partial charge < -0.3 is 5.32 Å². The molecule has 24 heavy (non-hydrogen) atoms. The number of anilines is 1. The van der Waals surface area contributed by atoms with Gasteiger partial charge in [0.1, 0.15) is 5.52 Å². The minimum atomic E-state index is 0.0789. The summed E-state index contributed by atoms with van der Waals surface area (Å²) < 4.78 is 0.822. The van der Waals surface area contributed by atoms with Gasteiger partial charge in [-0.15, -0.1) is 0 Å². The maximum absolute atomic E-state index is 12.5. The van der Waals surface area contributed by atoms with Gasteiger partial charge in [0.25, 0.3) is 0 Å². The molecular weight excluding hydrogens is 363 g/mol. The van der Waals surface area contributed by atoms with Gasteiger partial charge in [0.15, 0.2) is 5.13 Å². The molecule has 1 aliphatic rings. The first-order chi connectivity index (χ1) is 11.6. The second-order valence-corrected chi connectivity index (χ2v) is 8.39. The lowest BCUT2D eigenvalue weighted by Gasteiger charge is -2.27. The summed E-state index contributed by atoms with van der Waals surface area (Å²) in [6.45, 7) is 2.23. The van der Waals surface area contributed by atoms with Crippen molar-refractivity contribution in [3.63, 3.8) is 0 Å². The normalized spacial score (nSPS) is 21.1. The standard InChI is InChI=1S/C18H22Cl2N2OS/c1-2-3-4-11-5-7-12(8-6-11)17(23)22-18-21-15-13(19)9-10-14(20)16(15)24-18/h9-12H,2-8H2,1H3,(H,21,22,23). The van der Waals surface area contributed by atoms with Gasteiger partial charge in [-0.1, -0.05) is 60.7 Å². The van der Waals surface area contributed by atoms with Crippen molar-refractivity contribution in [3.8, 4) is 0 Å². The van der Waals surface area contributed by atoms with E-state index in [1.54, 1.807) is 12.1 Å². The Labute approximate surface area is 156 Å². The number of unbranched alkanes of at least 4 members (excludes halogenated alkanes) is 1. The van der Waals surface area contributed by atoms with E-state index in [1.165, 1.54) is 30.6 Å². The van der Waals surface area contributed by atoms with Gasteiger partial charge in [-0.05, 0) is 43.7 Å². The molecule has 0 unspecified atom stereocenters. The molecule has 0 aliphatic heterocycles. The summed E-state index contributed by atoms with van der Waals surface area (Å²) in [7, 11) is 0. The first kappa shape index (κ1) is 18.0. The van der Waals surface area contributed by atoms with Crippen LogP contribution >= 0.6 is 34.5 Å². The highest BCUT2D eigenvalue weighted by molar-refractivity contribution is 7.23. The van der Waals surface area contributed by atoms with E-state index in [9.17, 15) is 4.79 Å². The van der Waals surface area contributed by atoms with Gasteiger partial charge in [-0.2, -0.15) is 0 Å². The van der Waals surface area contributed by atoms with Crippen molar-refractivity contribution in [2.45, 2.75) is 51.9 Å². The largest absolute Gasteiger partial charge is 0.302 e. The number of rotatable bonds is 5. The van der Waals surface area contributed by atoms with Gasteiger partial charge in [-0.25, -0.2) is 4.98 Å². The number of nitrogens with zero attached hydrogens (tertiary/aromatic N) is 1. The van der Waals surface area contributed by atoms with E-state index in [4.69, 9.17) is 23.2 Å². The van der Waals surface area contributed by atoms with Crippen LogP contribution in [-0.2, 0) is 4.79 Å². The first-order valence-electron chi connectivity index (χ1n) is 8.64. The zero-order valence-electron chi connectivity index (χ0n) is 13.8. The summed E-state index contributed by atoms with van der Waals surface area (Å²) in [5, 5.41) is 4.72. The predicted molar refractivity (Wildman–Crippen MR) is 103 cm³/mol. The van der Waals surface area contributed by atoms with Crippen LogP contribution in [-0.4, -0.2) is 10.9 Å². The van der Waals surface area contributed by atoms with Crippen LogP contribution in [0.15, 0.2) is 12.1 Å². The van der Waals surface area contributed by atoms with E-state index >= 15 is 0 Å². The van der Waals surface area contributed by atoms with Crippen molar-refractivity contribution in [1.29, 1.82) is 0 Å². The number of hydrogen-bond acceptors (Lipinski definition) is 3. The molecule has 1 N–H and O–H groups in total. The van der Waals surface area contributed by atoms with Crippen LogP contribution in [0.2, 0.25) is 10.0 Å². The van der Waals surface area contributed by atoms with E-state index in [1.807, 2.05) is 0 Å². The number of benzene rings is 1. The van der Waals surface area contributed by atoms with Gasteiger partial charge in [0, 0.05) is 5.92 Å². The van der Waals surface area contributed by atoms with Crippen molar-refractivity contribution < 1.29 is 4.79 Å². The van der Waals surface area contributed by atoms with Crippen molar-refractivity contribution >= 4 is 55.8 Å². The third-order valence-electron chi connectivity index (χ3n) is 4.86. The SMILES string of the molecule is CCCCC1CCC(C(=O)Nc2nc3c(Cl)ccc(Cl)c3s2)CC1. The summed E-state index contributed by atoms with van der Waals surface area (Å²) in [5.74, 6) is 0.977. The maximum Gasteiger partial charge on any atom is 0.229 e. The lowest BCUT2D eigenvalue weighted by atomic mass is 9.79. The fraction of sp³-hybridized carbons (Fsp3) is 0.556. The Bertz CT molecular complexity index is 684. The molecule has 1 aromatic heterocycles. The molecule has 1 heterocycles. The minimum Gasteiger partial charge on any atom is -0.302 e. The monoisotopic (exact) mass is 384 g/mol. The van der Waals surface area contributed by atoms with Crippen LogP contribution in [0, 0.1) is 11.8 Å². The molecule has 1 fully saturated rings. The van der Waals surface area contributed by atoms with E-state index in [-0.39, 0.29) is 11.8 Å². The minimum absolute atomic E-state index is 0.0789. The Kier molecular flexibility index (Phi) is 6.01. The molecule has 3 nitrogen and oxygen atoms in total. The number of thiazole rings is 1. The highest BCUT2D eigenvalue weighted by Gasteiger charge is 2.26. The van der Waals surface area contributed by atoms with Crippen LogP contribution in [0.5, 0.6) is 0 Å². The highest BCUT2D eigenvalue weighted by atomic mass is 35.5. The number of nitrogens with one attached hydrogen (secondary N) is 1. The Morgan fingerprint density at radius 1 is 1.25 bits per heavy atom. The predicted octanol–water partition coefficient (Wildman–Crippen LogP) is 6.54. The third kappa shape index (κ3) is 4.04. The van der Waals surface area contributed by atoms with Crippen LogP contribution in [0.3, 0.4) is 0 Å². The quantitative estimate of drug-likeness (QED) is 0.635. The topological polar surface area (TPSA) is 42.0 Å². The number of carbonyl (C=O) groups excluding carboxylic acids is 1. The molecule has 0 spiro atoms. The van der Waals surface area contributed by atoms with E-state index in [0.717, 1.165) is 36.3 Å². The Morgan fingerprint density at radius 2 is 1.96 bits per heavy atom. The number of halogens is 2. The van der Waals surface area contributed by atoms with Gasteiger partial charge >= 0.3 is 0 Å². The van der Waals surface area contributed by atoms with Crippen molar-refractivity contribution in [2.75, 3.05) is 5.32 Å². The number of hydrogen-bond donors (Lipinski definition) is 1. The number of aromatic nitrogens is 1. The van der Waals surface area contributed by atoms with Crippen molar-refractivity contribution in [1.82, 2.24) is 4.98 Å². The van der Waals surface area contributed by atoms with Crippen LogP contribution in [0.25, 0.3) is 10.2 Å². The molecule has 0 atom stereocenters. The van der Waals surface area contributed by atoms with Crippen molar-refractivity contribution in [3.05, 3.63) is 22.2 Å². The molecule has 0 saturated heterocycles. The molecule has 0 bridgehead atoms. The second-order valence-electron chi connectivity index (χ2n) is 6.58. The molecule has 1 saturated carbocycles. The molecular formula is C18H22Cl2N2OS. The summed E-state index contributed by atoms with van der Waals surface area (Å²) in [4.78, 5) is 17.0. The maximum atomic E-state index is 12.5. The summed E-state index contributed by atoms with van der Waals surface area (Å²) in [6.07, 6.45) is 8.14. The van der Waals surface area contributed by atoms with Crippen LogP contribution < -0.4 is 5.32 Å². The fourth-order valence-electron chi connectivity index (χ4n) is 3.41. The summed E-state index contributed by atoms with van der Waals surface area (Å²) in [5.41, 5.74) is 0.660. The average Bonchev–Trinajstić information content (AvgIpc) is 3.02. The average molecular weight is 385 g/mol. The van der Waals surface area contributed by atoms with Crippen LogP contribution in [0.4, 0.5) is 5.13 Å². The third-order valence-corrected chi connectivity index (χ3v) is 6.60. The van der Waals surface area contributed by atoms with Gasteiger partial charge in [0.2, 0.25) is 5.91 Å². The molecule has 6 heteroatoms. The molecule has 3 rings (SSSR count).